The Bertz CT molecular complexity index is 847. The Morgan fingerprint density at radius 2 is 0.926 bits per heavy atom. The van der Waals surface area contributed by atoms with Crippen LogP contribution in [0.5, 0.6) is 0 Å². The van der Waals surface area contributed by atoms with Crippen LogP contribution in [0.25, 0.3) is 0 Å². The lowest BCUT2D eigenvalue weighted by Crippen LogP contribution is -2.38. The molecule has 0 saturated carbocycles. The second-order valence-corrected chi connectivity index (χ2v) is 16.0. The Morgan fingerprint density at radius 1 is 0.500 bits per heavy atom. The van der Waals surface area contributed by atoms with Gasteiger partial charge in [-0.15, -0.1) is 0 Å². The monoisotopic (exact) mass is 757 g/mol. The Hall–Kier alpha value is -1.85. The van der Waals surface area contributed by atoms with E-state index in [1.165, 1.54) is 128 Å². The molecule has 0 N–H and O–H groups in total. The van der Waals surface area contributed by atoms with Crippen molar-refractivity contribution in [2.45, 2.75) is 220 Å². The molecule has 5 heteroatoms. The van der Waals surface area contributed by atoms with E-state index in [1.807, 2.05) is 0 Å². The number of unbranched alkanes of at least 4 members (excludes halogenated alkanes) is 18. The van der Waals surface area contributed by atoms with Crippen LogP contribution >= 0.6 is 0 Å². The Balaban J connectivity index is 4.44. The number of allylic oxidation sites excluding steroid dienone is 8. The highest BCUT2D eigenvalue weighted by Gasteiger charge is 2.16. The molecule has 0 spiro atoms. The standard InChI is InChI=1S/C49H92N2O3/c1-7-10-12-14-16-18-20-22-24-26-28-30-32-34-36-38-40-48(54-49(52)53-46-45-51(42-9-3)44-43-50(6)47(4)5)41-39-37-35-33-31-29-27-25-23-21-19-17-15-13-11-8-2/h16-19,22-25,47-48H,7-15,20-21,26-46H2,1-6H3. The van der Waals surface area contributed by atoms with E-state index in [0.717, 1.165) is 71.1 Å². The zero-order chi connectivity index (χ0) is 39.6. The predicted molar refractivity (Wildman–Crippen MR) is 239 cm³/mol. The SMILES string of the molecule is CCCCCC=CCC=CCCCCCCCCC(CCCCCCCCC=CCC=CCCCCC)OC(=O)OCCN(CCC)CCN(C)C(C)C. The van der Waals surface area contributed by atoms with Gasteiger partial charge in [-0.25, -0.2) is 4.79 Å². The first kappa shape index (κ1) is 52.2. The summed E-state index contributed by atoms with van der Waals surface area (Å²) in [6.07, 6.45) is 51.1. The van der Waals surface area contributed by atoms with E-state index in [9.17, 15) is 4.79 Å². The zero-order valence-electron chi connectivity index (χ0n) is 37.0. The fourth-order valence-corrected chi connectivity index (χ4v) is 6.62. The number of nitrogens with zero attached hydrogens (tertiary/aromatic N) is 2. The first-order chi connectivity index (χ1) is 26.4. The highest BCUT2D eigenvalue weighted by Crippen LogP contribution is 2.18. The van der Waals surface area contributed by atoms with Gasteiger partial charge in [0.25, 0.3) is 0 Å². The van der Waals surface area contributed by atoms with Gasteiger partial charge in [0, 0.05) is 25.7 Å². The first-order valence-corrected chi connectivity index (χ1v) is 23.3. The highest BCUT2D eigenvalue weighted by atomic mass is 16.7. The van der Waals surface area contributed by atoms with Crippen LogP contribution in [0.2, 0.25) is 0 Å². The van der Waals surface area contributed by atoms with Crippen LogP contribution in [-0.4, -0.2) is 67.9 Å². The van der Waals surface area contributed by atoms with Gasteiger partial charge in [0.1, 0.15) is 12.7 Å². The van der Waals surface area contributed by atoms with Gasteiger partial charge in [-0.3, -0.25) is 4.90 Å². The molecule has 0 aromatic carbocycles. The Kier molecular flexibility index (Phi) is 40.8. The van der Waals surface area contributed by atoms with Crippen LogP contribution < -0.4 is 0 Å². The third-order valence-corrected chi connectivity index (χ3v) is 10.5. The summed E-state index contributed by atoms with van der Waals surface area (Å²) in [5, 5.41) is 0. The van der Waals surface area contributed by atoms with Crippen molar-refractivity contribution in [1.29, 1.82) is 0 Å². The summed E-state index contributed by atoms with van der Waals surface area (Å²) in [5.74, 6) is 0. The van der Waals surface area contributed by atoms with Crippen LogP contribution in [-0.2, 0) is 9.47 Å². The summed E-state index contributed by atoms with van der Waals surface area (Å²) in [4.78, 5) is 17.6. The second-order valence-electron chi connectivity index (χ2n) is 16.0. The summed E-state index contributed by atoms with van der Waals surface area (Å²) >= 11 is 0. The first-order valence-electron chi connectivity index (χ1n) is 23.3. The molecule has 0 aliphatic heterocycles. The molecule has 0 bridgehead atoms. The molecule has 0 aromatic rings. The minimum atomic E-state index is -0.476. The molecule has 0 rings (SSSR count). The van der Waals surface area contributed by atoms with Crippen molar-refractivity contribution in [1.82, 2.24) is 9.80 Å². The van der Waals surface area contributed by atoms with Gasteiger partial charge < -0.3 is 14.4 Å². The number of rotatable bonds is 40. The van der Waals surface area contributed by atoms with Crippen LogP contribution in [0.3, 0.4) is 0 Å². The minimum absolute atomic E-state index is 0.0272. The molecule has 0 atom stereocenters. The molecule has 0 heterocycles. The molecule has 0 saturated heterocycles. The number of carbonyl (C=O) groups excluding carboxylic acids is 1. The van der Waals surface area contributed by atoms with Crippen molar-refractivity contribution in [3.05, 3.63) is 48.6 Å². The van der Waals surface area contributed by atoms with Gasteiger partial charge in [-0.2, -0.15) is 0 Å². The number of ether oxygens (including phenoxy) is 2. The van der Waals surface area contributed by atoms with Gasteiger partial charge in [0.2, 0.25) is 0 Å². The molecule has 5 nitrogen and oxygen atoms in total. The van der Waals surface area contributed by atoms with E-state index in [1.54, 1.807) is 0 Å². The van der Waals surface area contributed by atoms with E-state index in [-0.39, 0.29) is 6.10 Å². The topological polar surface area (TPSA) is 42.0 Å². The zero-order valence-corrected chi connectivity index (χ0v) is 37.0. The van der Waals surface area contributed by atoms with E-state index in [4.69, 9.17) is 9.47 Å². The van der Waals surface area contributed by atoms with Crippen molar-refractivity contribution in [3.8, 4) is 0 Å². The number of carbonyl (C=O) groups is 1. The van der Waals surface area contributed by atoms with Crippen LogP contribution in [0, 0.1) is 0 Å². The molecule has 0 aliphatic carbocycles. The van der Waals surface area contributed by atoms with Gasteiger partial charge in [-0.05, 0) is 124 Å². The lowest BCUT2D eigenvalue weighted by molar-refractivity contribution is 0.0116. The van der Waals surface area contributed by atoms with Crippen LogP contribution in [0.15, 0.2) is 48.6 Å². The number of hydrogen-bond acceptors (Lipinski definition) is 5. The maximum atomic E-state index is 12.8. The van der Waals surface area contributed by atoms with Crippen molar-refractivity contribution in [2.24, 2.45) is 0 Å². The largest absolute Gasteiger partial charge is 0.508 e. The molecule has 54 heavy (non-hydrogen) atoms. The van der Waals surface area contributed by atoms with Crippen molar-refractivity contribution in [2.75, 3.05) is 39.8 Å². The quantitative estimate of drug-likeness (QED) is 0.0354. The van der Waals surface area contributed by atoms with Crippen LogP contribution in [0.4, 0.5) is 4.79 Å². The van der Waals surface area contributed by atoms with Crippen molar-refractivity contribution < 1.29 is 14.3 Å². The molecule has 0 aromatic heterocycles. The van der Waals surface area contributed by atoms with Crippen molar-refractivity contribution in [3.63, 3.8) is 0 Å². The molecule has 0 amide bonds. The fourth-order valence-electron chi connectivity index (χ4n) is 6.62. The predicted octanol–water partition coefficient (Wildman–Crippen LogP) is 15.0. The molecular weight excluding hydrogens is 665 g/mol. The van der Waals surface area contributed by atoms with E-state index >= 15 is 0 Å². The fraction of sp³-hybridized carbons (Fsp3) is 0.816. The molecule has 0 radical (unpaired) electrons. The lowest BCUT2D eigenvalue weighted by atomic mass is 10.0. The summed E-state index contributed by atoms with van der Waals surface area (Å²) < 4.78 is 11.6. The minimum Gasteiger partial charge on any atom is -0.433 e. The molecule has 316 valence electrons. The van der Waals surface area contributed by atoms with Gasteiger partial charge in [-0.1, -0.05) is 146 Å². The molecule has 0 aliphatic rings. The molecular formula is C49H92N2O3. The van der Waals surface area contributed by atoms with Crippen molar-refractivity contribution >= 4 is 6.16 Å². The molecule has 0 fully saturated rings. The van der Waals surface area contributed by atoms with Crippen LogP contribution in [0.1, 0.15) is 208 Å². The van der Waals surface area contributed by atoms with E-state index < -0.39 is 6.16 Å². The summed E-state index contributed by atoms with van der Waals surface area (Å²) in [5.41, 5.74) is 0. The highest BCUT2D eigenvalue weighted by molar-refractivity contribution is 5.60. The van der Waals surface area contributed by atoms with Gasteiger partial charge in [0.15, 0.2) is 0 Å². The average Bonchev–Trinajstić information content (AvgIpc) is 3.16. The van der Waals surface area contributed by atoms with Gasteiger partial charge >= 0.3 is 6.16 Å². The van der Waals surface area contributed by atoms with Gasteiger partial charge in [0.05, 0.1) is 0 Å². The van der Waals surface area contributed by atoms with E-state index in [2.05, 4.69) is 100 Å². The lowest BCUT2D eigenvalue weighted by Gasteiger charge is -2.27. The summed E-state index contributed by atoms with van der Waals surface area (Å²) in [7, 11) is 2.17. The normalized spacial score (nSPS) is 13.0. The summed E-state index contributed by atoms with van der Waals surface area (Å²) in [6.45, 7) is 15.4. The smallest absolute Gasteiger partial charge is 0.433 e. The third kappa shape index (κ3) is 38.4. The van der Waals surface area contributed by atoms with E-state index in [0.29, 0.717) is 12.6 Å². The maximum Gasteiger partial charge on any atom is 0.508 e. The second kappa shape index (κ2) is 42.3. The Morgan fingerprint density at radius 3 is 1.35 bits per heavy atom. The number of likely N-dealkylation sites (N-methyl/N-ethyl adjacent to an activating group) is 1. The third-order valence-electron chi connectivity index (χ3n) is 10.5. The Labute approximate surface area is 337 Å². The maximum absolute atomic E-state index is 12.8. The average molecular weight is 757 g/mol. The summed E-state index contributed by atoms with van der Waals surface area (Å²) in [6, 6.07) is 0.534. The molecule has 0 unspecified atom stereocenters. The number of hydrogen-bond donors (Lipinski definition) is 0.